The number of aliphatic carboxylic acids is 2. The Balaban J connectivity index is -0.000000135. The molecule has 0 aliphatic rings. The largest absolute Gasteiger partial charge is 2.00 e. The molecule has 0 unspecified atom stereocenters. The van der Waals surface area contributed by atoms with Gasteiger partial charge in [-0.05, 0) is 13.8 Å². The molecule has 0 aliphatic carbocycles. The van der Waals surface area contributed by atoms with Gasteiger partial charge in [-0.1, -0.05) is 0 Å². The Kier molecular flexibility index (Phi) is 7.20. The number of rotatable bonds is 2. The second kappa shape index (κ2) is 5.77. The van der Waals surface area contributed by atoms with E-state index in [1.807, 2.05) is 0 Å². The van der Waals surface area contributed by atoms with Gasteiger partial charge in [0.25, 0.3) is 0 Å². The maximum atomic E-state index is 10.1. The van der Waals surface area contributed by atoms with E-state index >= 15 is 0 Å². The summed E-state index contributed by atoms with van der Waals surface area (Å²) in [7, 11) is 0. The average molecular weight is 234 g/mol. The molecule has 0 amide bonds. The molecule has 5 heteroatoms. The average Bonchev–Trinajstić information content (AvgIpc) is 1.84. The molecule has 0 saturated heterocycles. The van der Waals surface area contributed by atoms with Crippen LogP contribution in [0.25, 0.3) is 0 Å². The molecule has 0 fully saturated rings. The fourth-order valence-corrected chi connectivity index (χ4v) is 0.321. The van der Waals surface area contributed by atoms with Crippen LogP contribution in [-0.2, 0) is 9.59 Å². The molecule has 4 nitrogen and oxygen atoms in total. The van der Waals surface area contributed by atoms with Crippen molar-refractivity contribution in [3.8, 4) is 0 Å². The Morgan fingerprint density at radius 1 is 1.00 bits per heavy atom. The van der Waals surface area contributed by atoms with Crippen LogP contribution in [0.3, 0.4) is 0 Å². The van der Waals surface area contributed by atoms with E-state index in [0.717, 1.165) is 0 Å². The van der Waals surface area contributed by atoms with Gasteiger partial charge in [-0.3, -0.25) is 0 Å². The van der Waals surface area contributed by atoms with E-state index in [4.69, 9.17) is 10.2 Å². The molecule has 0 atom stereocenters. The molecule has 0 rings (SSSR count). The molecular weight excluding hydrogens is 224 g/mol. The van der Waals surface area contributed by atoms with Gasteiger partial charge in [0, 0.05) is 11.1 Å². The summed E-state index contributed by atoms with van der Waals surface area (Å²) in [6.45, 7) is 2.51. The fourth-order valence-electron chi connectivity index (χ4n) is 0.321. The maximum absolute atomic E-state index is 10.1. The first kappa shape index (κ1) is 13.7. The van der Waals surface area contributed by atoms with E-state index in [-0.39, 0.29) is 59.5 Å². The predicted molar refractivity (Wildman–Crippen MR) is 41.6 cm³/mol. The van der Waals surface area contributed by atoms with Gasteiger partial charge in [0.15, 0.2) is 0 Å². The van der Waals surface area contributed by atoms with Gasteiger partial charge in [-0.15, -0.1) is 0 Å². The van der Waals surface area contributed by atoms with Crippen molar-refractivity contribution in [2.24, 2.45) is 0 Å². The van der Waals surface area contributed by atoms with E-state index < -0.39 is 11.9 Å². The third-order valence-corrected chi connectivity index (χ3v) is 1.20. The van der Waals surface area contributed by atoms with Crippen LogP contribution in [0.1, 0.15) is 16.7 Å². The first-order chi connectivity index (χ1) is 4.46. The van der Waals surface area contributed by atoms with Gasteiger partial charge in [0.1, 0.15) is 0 Å². The number of hydrogen-bond acceptors (Lipinski definition) is 2. The van der Waals surface area contributed by atoms with Gasteiger partial charge in [0.05, 0.1) is 0 Å². The molecule has 0 aliphatic heterocycles. The Labute approximate surface area is 104 Å². The van der Waals surface area contributed by atoms with Crippen LogP contribution in [0.5, 0.6) is 0 Å². The molecule has 0 bridgehead atoms. The molecule has 11 heavy (non-hydrogen) atoms. The Morgan fingerprint density at radius 3 is 1.27 bits per heavy atom. The van der Waals surface area contributed by atoms with Gasteiger partial charge in [0.2, 0.25) is 0 Å². The predicted octanol–water partition coefficient (Wildman–Crippen LogP) is 0.336. The summed E-state index contributed by atoms with van der Waals surface area (Å²) in [5, 5.41) is 16.6. The van der Waals surface area contributed by atoms with Crippen LogP contribution in [0.4, 0.5) is 0 Å². The van der Waals surface area contributed by atoms with Crippen molar-refractivity contribution >= 4 is 57.4 Å². The van der Waals surface area contributed by atoms with Crippen molar-refractivity contribution in [1.29, 1.82) is 0 Å². The smallest absolute Gasteiger partial charge is 1.00 e. The van der Waals surface area contributed by atoms with Gasteiger partial charge in [-0.2, -0.15) is 0 Å². The number of hydrogen-bond donors (Lipinski definition) is 2. The van der Waals surface area contributed by atoms with Gasteiger partial charge in [-0.25, -0.2) is 9.59 Å². The maximum Gasteiger partial charge on any atom is 2.00 e. The summed E-state index contributed by atoms with van der Waals surface area (Å²) >= 11 is 0. The molecule has 60 valence electrons. The van der Waals surface area contributed by atoms with Crippen LogP contribution in [-0.4, -0.2) is 67.6 Å². The summed E-state index contributed by atoms with van der Waals surface area (Å²) < 4.78 is 0. The fraction of sp³-hybridized carbons (Fsp3) is 0.333. The monoisotopic (exact) mass is 234 g/mol. The van der Waals surface area contributed by atoms with E-state index in [0.29, 0.717) is 0 Å². The van der Waals surface area contributed by atoms with Crippen molar-refractivity contribution in [3.05, 3.63) is 11.1 Å². The molecule has 0 spiro atoms. The summed E-state index contributed by atoms with van der Waals surface area (Å²) in [6.07, 6.45) is 0. The molecule has 0 heterocycles. The van der Waals surface area contributed by atoms with Crippen LogP contribution < -0.4 is 0 Å². The Morgan fingerprint density at radius 2 is 1.18 bits per heavy atom. The SMILES string of the molecule is C/C(C(=O)O)=C(\C)C(=O)O.[H-].[H-].[Sr+2]. The van der Waals surface area contributed by atoms with Gasteiger partial charge < -0.3 is 13.1 Å². The second-order valence-electron chi connectivity index (χ2n) is 1.86. The summed E-state index contributed by atoms with van der Waals surface area (Å²) in [5.74, 6) is -2.39. The first-order valence-corrected chi connectivity index (χ1v) is 2.61. The van der Waals surface area contributed by atoms with Crippen molar-refractivity contribution in [1.82, 2.24) is 0 Å². The zero-order valence-electron chi connectivity index (χ0n) is 8.42. The standard InChI is InChI=1S/C6H8O4.Sr.2H/c1-3(5(7)8)4(2)6(9)10;;;/h1-2H3,(H,7,8)(H,9,10);;;/q;+2;2*-1/b4-3-;;;. The third kappa shape index (κ3) is 4.58. The van der Waals surface area contributed by atoms with Crippen molar-refractivity contribution in [2.75, 3.05) is 0 Å². The minimum atomic E-state index is -1.19. The molecule has 0 aromatic carbocycles. The first-order valence-electron chi connectivity index (χ1n) is 2.61. The second-order valence-corrected chi connectivity index (χ2v) is 1.86. The van der Waals surface area contributed by atoms with E-state index in [2.05, 4.69) is 0 Å². The van der Waals surface area contributed by atoms with Crippen molar-refractivity contribution in [3.63, 3.8) is 0 Å². The molecule has 0 aromatic rings. The van der Waals surface area contributed by atoms with Crippen LogP contribution in [0.2, 0.25) is 0 Å². The molecule has 0 saturated carbocycles. The summed E-state index contributed by atoms with van der Waals surface area (Å²) in [5.41, 5.74) is -0.264. The number of carboxylic acids is 2. The quantitative estimate of drug-likeness (QED) is 0.533. The minimum Gasteiger partial charge on any atom is -1.00 e. The molecule has 0 aromatic heterocycles. The topological polar surface area (TPSA) is 74.6 Å². The van der Waals surface area contributed by atoms with E-state index in [1.54, 1.807) is 0 Å². The number of carboxylic acid groups (broad SMARTS) is 2. The van der Waals surface area contributed by atoms with Crippen molar-refractivity contribution in [2.45, 2.75) is 13.8 Å². The van der Waals surface area contributed by atoms with Crippen LogP contribution >= 0.6 is 0 Å². The van der Waals surface area contributed by atoms with E-state index in [9.17, 15) is 9.59 Å². The van der Waals surface area contributed by atoms with Crippen LogP contribution in [0, 0.1) is 0 Å². The van der Waals surface area contributed by atoms with Crippen LogP contribution in [0.15, 0.2) is 11.1 Å². The van der Waals surface area contributed by atoms with Gasteiger partial charge >= 0.3 is 57.4 Å². The molecule has 2 N–H and O–H groups in total. The summed E-state index contributed by atoms with van der Waals surface area (Å²) in [6, 6.07) is 0. The normalized spacial score (nSPS) is 11.1. The summed E-state index contributed by atoms with van der Waals surface area (Å²) in [4.78, 5) is 20.2. The number of carbonyl (C=O) groups is 2. The minimum absolute atomic E-state index is 0. The zero-order valence-corrected chi connectivity index (χ0v) is 9.89. The van der Waals surface area contributed by atoms with E-state index in [1.165, 1.54) is 13.8 Å². The molecule has 0 radical (unpaired) electrons. The molecular formula is C6H10O4Sr. The third-order valence-electron chi connectivity index (χ3n) is 1.20. The Hall–Kier alpha value is 0.161. The Bertz CT molecular complexity index is 193. The zero-order chi connectivity index (χ0) is 8.31. The van der Waals surface area contributed by atoms with Crippen molar-refractivity contribution < 1.29 is 22.7 Å².